The van der Waals surface area contributed by atoms with Gasteiger partial charge in [0.1, 0.15) is 5.75 Å². The van der Waals surface area contributed by atoms with Crippen molar-refractivity contribution in [2.75, 3.05) is 26.9 Å². The van der Waals surface area contributed by atoms with Crippen LogP contribution in [-0.4, -0.2) is 26.9 Å². The summed E-state index contributed by atoms with van der Waals surface area (Å²) in [5, 5.41) is 0. The number of hydrogen-bond donors (Lipinski definition) is 1. The highest BCUT2D eigenvalue weighted by atomic mass is 16.5. The lowest BCUT2D eigenvalue weighted by molar-refractivity contribution is -0.117. The van der Waals surface area contributed by atoms with Crippen LogP contribution in [0.25, 0.3) is 0 Å². The first-order chi connectivity index (χ1) is 8.88. The third kappa shape index (κ3) is 2.05. The Morgan fingerprint density at radius 3 is 2.26 bits per heavy atom. The Labute approximate surface area is 116 Å². The molecule has 1 aromatic rings. The quantitative estimate of drug-likeness (QED) is 0.908. The van der Waals surface area contributed by atoms with E-state index in [1.807, 2.05) is 0 Å². The summed E-state index contributed by atoms with van der Waals surface area (Å²) in [6.45, 7) is 10.7. The van der Waals surface area contributed by atoms with Gasteiger partial charge in [-0.1, -0.05) is 19.9 Å². The molecule has 0 aromatic heterocycles. The van der Waals surface area contributed by atoms with Gasteiger partial charge in [-0.05, 0) is 43.0 Å². The van der Waals surface area contributed by atoms with Crippen LogP contribution < -0.4 is 10.5 Å². The van der Waals surface area contributed by atoms with E-state index in [1.54, 1.807) is 7.11 Å². The van der Waals surface area contributed by atoms with Crippen LogP contribution in [0.4, 0.5) is 0 Å². The van der Waals surface area contributed by atoms with E-state index in [4.69, 9.17) is 15.2 Å². The molecule has 0 unspecified atom stereocenters. The highest BCUT2D eigenvalue weighted by Crippen LogP contribution is 2.50. The first-order valence-electron chi connectivity index (χ1n) is 6.81. The van der Waals surface area contributed by atoms with E-state index >= 15 is 0 Å². The fraction of sp³-hybridized carbons (Fsp3) is 0.625. The van der Waals surface area contributed by atoms with Crippen LogP contribution >= 0.6 is 0 Å². The Morgan fingerprint density at radius 1 is 1.26 bits per heavy atom. The first kappa shape index (κ1) is 14.4. The molecule has 1 aliphatic rings. The summed E-state index contributed by atoms with van der Waals surface area (Å²) in [4.78, 5) is 0. The van der Waals surface area contributed by atoms with Crippen molar-refractivity contribution in [3.8, 4) is 5.75 Å². The number of methoxy groups -OCH3 is 1. The van der Waals surface area contributed by atoms with Crippen LogP contribution in [0.1, 0.15) is 30.5 Å². The van der Waals surface area contributed by atoms with Crippen LogP contribution in [0.2, 0.25) is 0 Å². The molecule has 1 saturated heterocycles. The molecule has 3 heteroatoms. The molecule has 1 fully saturated rings. The van der Waals surface area contributed by atoms with Crippen molar-refractivity contribution in [2.24, 2.45) is 11.1 Å². The molecule has 0 radical (unpaired) electrons. The summed E-state index contributed by atoms with van der Waals surface area (Å²) >= 11 is 0. The molecule has 0 bridgehead atoms. The van der Waals surface area contributed by atoms with Crippen LogP contribution in [0.3, 0.4) is 0 Å². The van der Waals surface area contributed by atoms with Gasteiger partial charge in [-0.2, -0.15) is 0 Å². The fourth-order valence-electron chi connectivity index (χ4n) is 2.74. The van der Waals surface area contributed by atoms with Crippen molar-refractivity contribution in [2.45, 2.75) is 33.1 Å². The van der Waals surface area contributed by atoms with Gasteiger partial charge in [0.25, 0.3) is 0 Å². The van der Waals surface area contributed by atoms with Crippen molar-refractivity contribution in [3.05, 3.63) is 28.8 Å². The standard InChI is InChI=1S/C16H25NO2/c1-11-6-13(14(18-5)7-12(11)2)16(9-19-10-16)15(3,4)8-17/h6-7H,8-10,17H2,1-5H3. The zero-order chi connectivity index (χ0) is 14.3. The van der Waals surface area contributed by atoms with Gasteiger partial charge in [-0.3, -0.25) is 0 Å². The van der Waals surface area contributed by atoms with Gasteiger partial charge in [0.15, 0.2) is 0 Å². The molecule has 0 saturated carbocycles. The summed E-state index contributed by atoms with van der Waals surface area (Å²) in [5.74, 6) is 0.952. The van der Waals surface area contributed by atoms with Crippen LogP contribution in [0.15, 0.2) is 12.1 Å². The molecule has 106 valence electrons. The minimum Gasteiger partial charge on any atom is -0.496 e. The number of rotatable bonds is 4. The topological polar surface area (TPSA) is 44.5 Å². The smallest absolute Gasteiger partial charge is 0.123 e. The summed E-state index contributed by atoms with van der Waals surface area (Å²) in [5.41, 5.74) is 9.73. The van der Waals surface area contributed by atoms with E-state index in [2.05, 4.69) is 39.8 Å². The Hall–Kier alpha value is -1.06. The largest absolute Gasteiger partial charge is 0.496 e. The monoisotopic (exact) mass is 263 g/mol. The minimum absolute atomic E-state index is 0.0137. The third-order valence-electron chi connectivity index (χ3n) is 4.83. The van der Waals surface area contributed by atoms with Crippen molar-refractivity contribution >= 4 is 0 Å². The maximum absolute atomic E-state index is 6.00. The van der Waals surface area contributed by atoms with Gasteiger partial charge >= 0.3 is 0 Å². The summed E-state index contributed by atoms with van der Waals surface area (Å²) < 4.78 is 11.1. The van der Waals surface area contributed by atoms with Gasteiger partial charge < -0.3 is 15.2 Å². The molecule has 0 spiro atoms. The molecule has 1 aliphatic heterocycles. The first-order valence-corrected chi connectivity index (χ1v) is 6.81. The van der Waals surface area contributed by atoms with Crippen molar-refractivity contribution in [1.29, 1.82) is 0 Å². The third-order valence-corrected chi connectivity index (χ3v) is 4.83. The van der Waals surface area contributed by atoms with Crippen LogP contribution in [0, 0.1) is 19.3 Å². The van der Waals surface area contributed by atoms with E-state index in [-0.39, 0.29) is 10.8 Å². The number of aryl methyl sites for hydroxylation is 2. The van der Waals surface area contributed by atoms with E-state index in [0.717, 1.165) is 19.0 Å². The second-order valence-electron chi connectivity index (χ2n) is 6.30. The molecule has 2 N–H and O–H groups in total. The van der Waals surface area contributed by atoms with Crippen molar-refractivity contribution in [1.82, 2.24) is 0 Å². The van der Waals surface area contributed by atoms with Crippen LogP contribution in [0.5, 0.6) is 5.75 Å². The van der Waals surface area contributed by atoms with E-state index in [1.165, 1.54) is 16.7 Å². The SMILES string of the molecule is COc1cc(C)c(C)cc1C1(C(C)(C)CN)COC1. The predicted molar refractivity (Wildman–Crippen MR) is 77.8 cm³/mol. The highest BCUT2D eigenvalue weighted by Gasteiger charge is 2.52. The molecular formula is C16H25NO2. The summed E-state index contributed by atoms with van der Waals surface area (Å²) in [7, 11) is 1.73. The molecular weight excluding hydrogens is 238 g/mol. The molecule has 3 nitrogen and oxygen atoms in total. The number of ether oxygens (including phenoxy) is 2. The molecule has 1 aromatic carbocycles. The normalized spacial score (nSPS) is 18.0. The van der Waals surface area contributed by atoms with Crippen molar-refractivity contribution in [3.63, 3.8) is 0 Å². The molecule has 0 amide bonds. The van der Waals surface area contributed by atoms with Crippen LogP contribution in [-0.2, 0) is 10.2 Å². The Morgan fingerprint density at radius 2 is 1.84 bits per heavy atom. The van der Waals surface area contributed by atoms with Gasteiger partial charge in [-0.15, -0.1) is 0 Å². The lowest BCUT2D eigenvalue weighted by Crippen LogP contribution is -2.59. The Kier molecular flexibility index (Phi) is 3.63. The van der Waals surface area contributed by atoms with Gasteiger partial charge in [0, 0.05) is 5.56 Å². The Bertz CT molecular complexity index is 476. The second kappa shape index (κ2) is 4.80. The minimum atomic E-state index is -0.0362. The van der Waals surface area contributed by atoms with E-state index < -0.39 is 0 Å². The van der Waals surface area contributed by atoms with E-state index in [0.29, 0.717) is 6.54 Å². The average Bonchev–Trinajstić information content (AvgIpc) is 2.31. The number of benzene rings is 1. The van der Waals surface area contributed by atoms with E-state index in [9.17, 15) is 0 Å². The zero-order valence-corrected chi connectivity index (χ0v) is 12.7. The molecule has 1 heterocycles. The fourth-order valence-corrected chi connectivity index (χ4v) is 2.74. The lowest BCUT2D eigenvalue weighted by Gasteiger charge is -2.53. The molecule has 19 heavy (non-hydrogen) atoms. The average molecular weight is 263 g/mol. The summed E-state index contributed by atoms with van der Waals surface area (Å²) in [6, 6.07) is 4.37. The van der Waals surface area contributed by atoms with Crippen molar-refractivity contribution < 1.29 is 9.47 Å². The maximum atomic E-state index is 6.00. The predicted octanol–water partition coefficient (Wildman–Crippen LogP) is 2.56. The molecule has 0 atom stereocenters. The van der Waals surface area contributed by atoms with Gasteiger partial charge in [0.2, 0.25) is 0 Å². The van der Waals surface area contributed by atoms with Gasteiger partial charge in [-0.25, -0.2) is 0 Å². The Balaban J connectivity index is 2.59. The van der Waals surface area contributed by atoms with Gasteiger partial charge in [0.05, 0.1) is 25.7 Å². The maximum Gasteiger partial charge on any atom is 0.123 e. The molecule has 2 rings (SSSR count). The molecule has 0 aliphatic carbocycles. The summed E-state index contributed by atoms with van der Waals surface area (Å²) in [6.07, 6.45) is 0. The highest BCUT2D eigenvalue weighted by molar-refractivity contribution is 5.48. The zero-order valence-electron chi connectivity index (χ0n) is 12.7. The number of hydrogen-bond acceptors (Lipinski definition) is 3. The second-order valence-corrected chi connectivity index (χ2v) is 6.30. The lowest BCUT2D eigenvalue weighted by atomic mass is 9.60. The number of nitrogens with two attached hydrogens (primary N) is 1.